The Kier molecular flexibility index (Phi) is 5.46. The van der Waals surface area contributed by atoms with Crippen LogP contribution in [-0.4, -0.2) is 33.1 Å². The summed E-state index contributed by atoms with van der Waals surface area (Å²) in [6, 6.07) is 18.6. The molecule has 6 nitrogen and oxygen atoms in total. The van der Waals surface area contributed by atoms with Crippen molar-refractivity contribution in [2.45, 2.75) is 13.0 Å². The molecule has 2 heterocycles. The normalized spacial score (nSPS) is 10.8. The van der Waals surface area contributed by atoms with E-state index in [1.807, 2.05) is 30.5 Å². The van der Waals surface area contributed by atoms with Crippen LogP contribution in [0.2, 0.25) is 0 Å². The van der Waals surface area contributed by atoms with E-state index in [-0.39, 0.29) is 5.48 Å². The molecule has 0 aliphatic rings. The van der Waals surface area contributed by atoms with Crippen LogP contribution in [0.15, 0.2) is 60.8 Å². The molecule has 0 spiro atoms. The average Bonchev–Trinajstić information content (AvgIpc) is 3.00. The van der Waals surface area contributed by atoms with Crippen molar-refractivity contribution in [1.29, 1.82) is 0 Å². The monoisotopic (exact) mass is 349 g/mol. The SMILES string of the molecule is NCCCNc1nc2ccccc2n1Cc1cccc2cccnc12.O. The zero-order chi connectivity index (χ0) is 17.1. The van der Waals surface area contributed by atoms with E-state index in [1.54, 1.807) is 0 Å². The van der Waals surface area contributed by atoms with Gasteiger partial charge in [-0.05, 0) is 36.7 Å². The number of nitrogens with zero attached hydrogens (tertiary/aromatic N) is 3. The topological polar surface area (TPSA) is 100 Å². The number of rotatable bonds is 6. The van der Waals surface area contributed by atoms with Gasteiger partial charge in [0.15, 0.2) is 0 Å². The molecule has 0 unspecified atom stereocenters. The highest BCUT2D eigenvalue weighted by atomic mass is 16.0. The molecular weight excluding hydrogens is 326 g/mol. The zero-order valence-electron chi connectivity index (χ0n) is 14.5. The lowest BCUT2D eigenvalue weighted by molar-refractivity contribution is 0.806. The number of benzene rings is 2. The van der Waals surface area contributed by atoms with Crippen molar-refractivity contribution in [2.75, 3.05) is 18.4 Å². The number of para-hydroxylation sites is 3. The molecule has 0 atom stereocenters. The molecule has 6 heteroatoms. The standard InChI is InChI=1S/C20H21N5.H2O/c21-11-5-13-23-20-24-17-9-1-2-10-18(17)25(20)14-16-7-3-6-15-8-4-12-22-19(15)16;/h1-4,6-10,12H,5,11,13-14,21H2,(H,23,24);1H2. The van der Waals surface area contributed by atoms with Gasteiger partial charge in [-0.3, -0.25) is 4.98 Å². The molecule has 0 aliphatic carbocycles. The maximum absolute atomic E-state index is 5.62. The molecule has 0 saturated heterocycles. The Morgan fingerprint density at radius 1 is 1.00 bits per heavy atom. The Bertz CT molecular complexity index is 1010. The average molecular weight is 349 g/mol. The number of fused-ring (bicyclic) bond motifs is 2. The molecule has 0 amide bonds. The summed E-state index contributed by atoms with van der Waals surface area (Å²) in [7, 11) is 0. The summed E-state index contributed by atoms with van der Waals surface area (Å²) in [5.41, 5.74) is 9.95. The molecule has 2 aromatic heterocycles. The van der Waals surface area contributed by atoms with Gasteiger partial charge in [-0.15, -0.1) is 0 Å². The van der Waals surface area contributed by atoms with Crippen molar-refractivity contribution < 1.29 is 5.48 Å². The minimum absolute atomic E-state index is 0. The van der Waals surface area contributed by atoms with Gasteiger partial charge in [-0.1, -0.05) is 36.4 Å². The fourth-order valence-corrected chi connectivity index (χ4v) is 3.14. The first-order chi connectivity index (χ1) is 12.4. The third kappa shape index (κ3) is 3.37. The summed E-state index contributed by atoms with van der Waals surface area (Å²) in [6.07, 6.45) is 2.76. The molecule has 134 valence electrons. The van der Waals surface area contributed by atoms with Crippen molar-refractivity contribution in [3.05, 3.63) is 66.4 Å². The van der Waals surface area contributed by atoms with Gasteiger partial charge in [0.25, 0.3) is 0 Å². The Morgan fingerprint density at radius 2 is 1.85 bits per heavy atom. The van der Waals surface area contributed by atoms with E-state index in [9.17, 15) is 0 Å². The zero-order valence-corrected chi connectivity index (χ0v) is 14.5. The second-order valence-corrected chi connectivity index (χ2v) is 6.07. The molecule has 0 aliphatic heterocycles. The molecule has 5 N–H and O–H groups in total. The van der Waals surface area contributed by atoms with E-state index in [2.05, 4.69) is 45.2 Å². The van der Waals surface area contributed by atoms with E-state index in [0.29, 0.717) is 6.54 Å². The summed E-state index contributed by atoms with van der Waals surface area (Å²) < 4.78 is 2.22. The molecular formula is C20H23N5O. The van der Waals surface area contributed by atoms with Gasteiger partial charge in [0.1, 0.15) is 0 Å². The van der Waals surface area contributed by atoms with E-state index in [1.165, 1.54) is 5.56 Å². The van der Waals surface area contributed by atoms with Crippen LogP contribution >= 0.6 is 0 Å². The molecule has 2 aromatic carbocycles. The molecule has 0 radical (unpaired) electrons. The molecule has 0 fully saturated rings. The summed E-state index contributed by atoms with van der Waals surface area (Å²) >= 11 is 0. The summed E-state index contributed by atoms with van der Waals surface area (Å²) in [4.78, 5) is 9.33. The third-order valence-electron chi connectivity index (χ3n) is 4.36. The van der Waals surface area contributed by atoms with Gasteiger partial charge in [-0.25, -0.2) is 4.98 Å². The van der Waals surface area contributed by atoms with Crippen molar-refractivity contribution >= 4 is 27.9 Å². The van der Waals surface area contributed by atoms with Crippen LogP contribution in [-0.2, 0) is 6.54 Å². The largest absolute Gasteiger partial charge is 0.412 e. The second kappa shape index (κ2) is 7.95. The minimum Gasteiger partial charge on any atom is -0.412 e. The highest BCUT2D eigenvalue weighted by molar-refractivity contribution is 5.83. The smallest absolute Gasteiger partial charge is 0.204 e. The van der Waals surface area contributed by atoms with E-state index in [4.69, 9.17) is 10.7 Å². The Morgan fingerprint density at radius 3 is 2.73 bits per heavy atom. The number of hydrogen-bond donors (Lipinski definition) is 2. The van der Waals surface area contributed by atoms with Gasteiger partial charge in [-0.2, -0.15) is 0 Å². The quantitative estimate of drug-likeness (QED) is 0.522. The number of hydrogen-bond acceptors (Lipinski definition) is 4. The predicted molar refractivity (Wildman–Crippen MR) is 106 cm³/mol. The highest BCUT2D eigenvalue weighted by Gasteiger charge is 2.12. The lowest BCUT2D eigenvalue weighted by Gasteiger charge is -2.12. The molecule has 4 aromatic rings. The number of anilines is 1. The number of aromatic nitrogens is 3. The van der Waals surface area contributed by atoms with E-state index in [0.717, 1.165) is 47.4 Å². The minimum atomic E-state index is 0. The Balaban J connectivity index is 0.00000196. The summed E-state index contributed by atoms with van der Waals surface area (Å²) in [6.45, 7) is 2.20. The van der Waals surface area contributed by atoms with Crippen molar-refractivity contribution in [3.8, 4) is 0 Å². The van der Waals surface area contributed by atoms with Gasteiger partial charge < -0.3 is 21.1 Å². The fourth-order valence-electron chi connectivity index (χ4n) is 3.14. The maximum atomic E-state index is 5.62. The van der Waals surface area contributed by atoms with Gasteiger partial charge >= 0.3 is 0 Å². The van der Waals surface area contributed by atoms with E-state index >= 15 is 0 Å². The molecule has 0 saturated carbocycles. The first kappa shape index (κ1) is 17.8. The molecule has 4 rings (SSSR count). The van der Waals surface area contributed by atoms with E-state index < -0.39 is 0 Å². The van der Waals surface area contributed by atoms with Crippen LogP contribution in [0.25, 0.3) is 21.9 Å². The number of nitrogens with one attached hydrogen (secondary N) is 1. The second-order valence-electron chi connectivity index (χ2n) is 6.07. The van der Waals surface area contributed by atoms with Crippen LogP contribution in [0.4, 0.5) is 5.95 Å². The number of imidazole rings is 1. The lowest BCUT2D eigenvalue weighted by atomic mass is 10.1. The van der Waals surface area contributed by atoms with Crippen LogP contribution in [0.5, 0.6) is 0 Å². The van der Waals surface area contributed by atoms with Crippen molar-refractivity contribution in [1.82, 2.24) is 14.5 Å². The summed E-state index contributed by atoms with van der Waals surface area (Å²) in [5, 5.41) is 4.58. The van der Waals surface area contributed by atoms with Gasteiger partial charge in [0.05, 0.1) is 23.1 Å². The lowest BCUT2D eigenvalue weighted by Crippen LogP contribution is -2.13. The Labute approximate surface area is 152 Å². The fraction of sp³-hybridized carbons (Fsp3) is 0.200. The van der Waals surface area contributed by atoms with Crippen LogP contribution < -0.4 is 11.1 Å². The highest BCUT2D eigenvalue weighted by Crippen LogP contribution is 2.24. The van der Waals surface area contributed by atoms with Crippen molar-refractivity contribution in [2.24, 2.45) is 5.73 Å². The van der Waals surface area contributed by atoms with Crippen LogP contribution in [0.3, 0.4) is 0 Å². The maximum Gasteiger partial charge on any atom is 0.204 e. The van der Waals surface area contributed by atoms with Gasteiger partial charge in [0, 0.05) is 18.1 Å². The van der Waals surface area contributed by atoms with Crippen LogP contribution in [0, 0.1) is 0 Å². The van der Waals surface area contributed by atoms with Gasteiger partial charge in [0.2, 0.25) is 5.95 Å². The number of nitrogens with two attached hydrogens (primary N) is 1. The molecule has 0 bridgehead atoms. The Hall–Kier alpha value is -2.96. The number of pyridine rings is 1. The summed E-state index contributed by atoms with van der Waals surface area (Å²) in [5.74, 6) is 0.877. The van der Waals surface area contributed by atoms with Crippen LogP contribution in [0.1, 0.15) is 12.0 Å². The third-order valence-corrected chi connectivity index (χ3v) is 4.36. The predicted octanol–water partition coefficient (Wildman–Crippen LogP) is 2.57. The first-order valence-electron chi connectivity index (χ1n) is 8.58. The first-order valence-corrected chi connectivity index (χ1v) is 8.58. The van der Waals surface area contributed by atoms with Crippen molar-refractivity contribution in [3.63, 3.8) is 0 Å². The molecule has 26 heavy (non-hydrogen) atoms.